The summed E-state index contributed by atoms with van der Waals surface area (Å²) < 4.78 is 5.96. The second kappa shape index (κ2) is 6.30. The summed E-state index contributed by atoms with van der Waals surface area (Å²) in [5.74, 6) is 2.06. The van der Waals surface area contributed by atoms with Crippen LogP contribution in [0.5, 0.6) is 5.88 Å². The Labute approximate surface area is 127 Å². The molecule has 0 bridgehead atoms. The van der Waals surface area contributed by atoms with E-state index in [4.69, 9.17) is 16.3 Å². The zero-order valence-corrected chi connectivity index (χ0v) is 13.8. The van der Waals surface area contributed by atoms with Crippen LogP contribution < -0.4 is 4.74 Å². The lowest BCUT2D eigenvalue weighted by molar-refractivity contribution is 0.200. The molecule has 1 heterocycles. The SMILES string of the molecule is Cc1c(Cl)nc(C(C)(C)C)nc1OCC1CCCCC1. The Morgan fingerprint density at radius 3 is 2.40 bits per heavy atom. The van der Waals surface area contributed by atoms with Crippen molar-refractivity contribution in [2.24, 2.45) is 5.92 Å². The van der Waals surface area contributed by atoms with Crippen molar-refractivity contribution in [3.63, 3.8) is 0 Å². The minimum absolute atomic E-state index is 0.125. The first-order valence-corrected chi connectivity index (χ1v) is 7.93. The Bertz CT molecular complexity index is 462. The van der Waals surface area contributed by atoms with Crippen LogP contribution in [0.2, 0.25) is 5.15 Å². The van der Waals surface area contributed by atoms with Crippen LogP contribution in [-0.2, 0) is 5.41 Å². The van der Waals surface area contributed by atoms with Gasteiger partial charge in [-0.25, -0.2) is 4.98 Å². The van der Waals surface area contributed by atoms with Gasteiger partial charge >= 0.3 is 0 Å². The maximum absolute atomic E-state index is 6.22. The molecule has 1 aromatic rings. The van der Waals surface area contributed by atoms with Crippen LogP contribution in [0.15, 0.2) is 0 Å². The topological polar surface area (TPSA) is 35.0 Å². The van der Waals surface area contributed by atoms with Crippen LogP contribution in [0.1, 0.15) is 64.3 Å². The Morgan fingerprint density at radius 2 is 1.80 bits per heavy atom. The minimum atomic E-state index is -0.125. The summed E-state index contributed by atoms with van der Waals surface area (Å²) in [6.45, 7) is 8.92. The fourth-order valence-corrected chi connectivity index (χ4v) is 2.66. The highest BCUT2D eigenvalue weighted by molar-refractivity contribution is 6.30. The molecule has 0 unspecified atom stereocenters. The predicted molar refractivity (Wildman–Crippen MR) is 82.5 cm³/mol. The van der Waals surface area contributed by atoms with Crippen LogP contribution in [0.25, 0.3) is 0 Å². The molecule has 1 aliphatic rings. The number of hydrogen-bond acceptors (Lipinski definition) is 3. The maximum Gasteiger partial charge on any atom is 0.221 e. The lowest BCUT2D eigenvalue weighted by Crippen LogP contribution is -2.20. The number of rotatable bonds is 3. The Morgan fingerprint density at radius 1 is 1.15 bits per heavy atom. The van der Waals surface area contributed by atoms with Crippen LogP contribution in [0.3, 0.4) is 0 Å². The third kappa shape index (κ3) is 3.85. The van der Waals surface area contributed by atoms with Gasteiger partial charge in [0.25, 0.3) is 0 Å². The third-order valence-electron chi connectivity index (χ3n) is 3.89. The van der Waals surface area contributed by atoms with Gasteiger partial charge in [-0.15, -0.1) is 0 Å². The summed E-state index contributed by atoms with van der Waals surface area (Å²) >= 11 is 6.22. The monoisotopic (exact) mass is 296 g/mol. The van der Waals surface area contributed by atoms with E-state index in [9.17, 15) is 0 Å². The van der Waals surface area contributed by atoms with E-state index < -0.39 is 0 Å². The first-order chi connectivity index (χ1) is 9.38. The second-order valence-corrected chi connectivity index (χ2v) is 7.19. The van der Waals surface area contributed by atoms with E-state index in [1.54, 1.807) is 0 Å². The molecule has 0 amide bonds. The standard InChI is InChI=1S/C16H25ClN2O/c1-11-13(17)18-15(16(2,3)4)19-14(11)20-10-12-8-6-5-7-9-12/h12H,5-10H2,1-4H3. The van der Waals surface area contributed by atoms with Crippen molar-refractivity contribution < 1.29 is 4.74 Å². The van der Waals surface area contributed by atoms with Gasteiger partial charge in [0.15, 0.2) is 0 Å². The summed E-state index contributed by atoms with van der Waals surface area (Å²) in [7, 11) is 0. The zero-order chi connectivity index (χ0) is 14.8. The summed E-state index contributed by atoms with van der Waals surface area (Å²) in [6, 6.07) is 0. The first-order valence-electron chi connectivity index (χ1n) is 7.55. The van der Waals surface area contributed by atoms with E-state index >= 15 is 0 Å². The smallest absolute Gasteiger partial charge is 0.221 e. The molecule has 0 aliphatic heterocycles. The highest BCUT2D eigenvalue weighted by Crippen LogP contribution is 2.29. The van der Waals surface area contributed by atoms with Crippen molar-refractivity contribution in [1.82, 2.24) is 9.97 Å². The van der Waals surface area contributed by atoms with Crippen molar-refractivity contribution in [2.75, 3.05) is 6.61 Å². The molecule has 0 saturated heterocycles. The van der Waals surface area contributed by atoms with Gasteiger partial charge in [0.05, 0.1) is 6.61 Å². The molecule has 1 saturated carbocycles. The Balaban J connectivity index is 2.11. The summed E-state index contributed by atoms with van der Waals surface area (Å²) in [5.41, 5.74) is 0.718. The number of aromatic nitrogens is 2. The van der Waals surface area contributed by atoms with Gasteiger partial charge in [0, 0.05) is 11.0 Å². The molecule has 1 aliphatic carbocycles. The van der Waals surface area contributed by atoms with E-state index in [0.29, 0.717) is 17.0 Å². The normalized spacial score (nSPS) is 17.2. The fraction of sp³-hybridized carbons (Fsp3) is 0.750. The number of ether oxygens (including phenoxy) is 1. The van der Waals surface area contributed by atoms with Gasteiger partial charge in [0.1, 0.15) is 11.0 Å². The molecule has 20 heavy (non-hydrogen) atoms. The van der Waals surface area contributed by atoms with Gasteiger partial charge in [-0.1, -0.05) is 51.6 Å². The molecule has 0 spiro atoms. The highest BCUT2D eigenvalue weighted by atomic mass is 35.5. The molecule has 0 N–H and O–H groups in total. The molecule has 0 aromatic carbocycles. The lowest BCUT2D eigenvalue weighted by atomic mass is 9.90. The van der Waals surface area contributed by atoms with Crippen molar-refractivity contribution in [1.29, 1.82) is 0 Å². The van der Waals surface area contributed by atoms with Gasteiger partial charge in [0.2, 0.25) is 5.88 Å². The largest absolute Gasteiger partial charge is 0.477 e. The maximum atomic E-state index is 6.22. The third-order valence-corrected chi connectivity index (χ3v) is 4.26. The van der Waals surface area contributed by atoms with Gasteiger partial charge < -0.3 is 4.74 Å². The number of hydrogen-bond donors (Lipinski definition) is 0. The molecule has 3 nitrogen and oxygen atoms in total. The molecular weight excluding hydrogens is 272 g/mol. The van der Waals surface area contributed by atoms with Crippen molar-refractivity contribution >= 4 is 11.6 Å². The average Bonchev–Trinajstić information content (AvgIpc) is 2.40. The Hall–Kier alpha value is -0.830. The van der Waals surface area contributed by atoms with Crippen molar-refractivity contribution in [2.45, 2.75) is 65.2 Å². The van der Waals surface area contributed by atoms with E-state index in [0.717, 1.165) is 18.0 Å². The van der Waals surface area contributed by atoms with Gasteiger partial charge in [-0.3, -0.25) is 0 Å². The van der Waals surface area contributed by atoms with E-state index in [2.05, 4.69) is 30.7 Å². The summed E-state index contributed by atoms with van der Waals surface area (Å²) in [6.07, 6.45) is 6.55. The number of halogens is 1. The van der Waals surface area contributed by atoms with Crippen LogP contribution >= 0.6 is 11.6 Å². The second-order valence-electron chi connectivity index (χ2n) is 6.83. The molecule has 1 fully saturated rings. The molecule has 2 rings (SSSR count). The number of nitrogens with zero attached hydrogens (tertiary/aromatic N) is 2. The molecule has 0 atom stereocenters. The van der Waals surface area contributed by atoms with Crippen LogP contribution in [-0.4, -0.2) is 16.6 Å². The van der Waals surface area contributed by atoms with Gasteiger partial charge in [-0.05, 0) is 25.7 Å². The highest BCUT2D eigenvalue weighted by Gasteiger charge is 2.22. The predicted octanol–water partition coefficient (Wildman–Crippen LogP) is 4.70. The summed E-state index contributed by atoms with van der Waals surface area (Å²) in [4.78, 5) is 8.94. The zero-order valence-electron chi connectivity index (χ0n) is 13.0. The van der Waals surface area contributed by atoms with E-state index in [1.165, 1.54) is 32.1 Å². The van der Waals surface area contributed by atoms with E-state index in [-0.39, 0.29) is 5.41 Å². The summed E-state index contributed by atoms with van der Waals surface area (Å²) in [5, 5.41) is 0.503. The fourth-order valence-electron chi connectivity index (χ4n) is 2.50. The van der Waals surface area contributed by atoms with Crippen LogP contribution in [0, 0.1) is 12.8 Å². The molecule has 0 radical (unpaired) electrons. The lowest BCUT2D eigenvalue weighted by Gasteiger charge is -2.23. The van der Waals surface area contributed by atoms with Crippen LogP contribution in [0.4, 0.5) is 0 Å². The van der Waals surface area contributed by atoms with E-state index in [1.807, 2.05) is 6.92 Å². The first kappa shape index (κ1) is 15.6. The minimum Gasteiger partial charge on any atom is -0.477 e. The van der Waals surface area contributed by atoms with Crippen molar-refractivity contribution in [3.05, 3.63) is 16.5 Å². The van der Waals surface area contributed by atoms with Gasteiger partial charge in [-0.2, -0.15) is 4.98 Å². The molecule has 1 aromatic heterocycles. The Kier molecular flexibility index (Phi) is 4.90. The quantitative estimate of drug-likeness (QED) is 0.759. The molecule has 4 heteroatoms. The molecule has 112 valence electrons. The average molecular weight is 297 g/mol. The molecular formula is C16H25ClN2O. The van der Waals surface area contributed by atoms with Crippen molar-refractivity contribution in [3.8, 4) is 5.88 Å².